The van der Waals surface area contributed by atoms with E-state index in [0.29, 0.717) is 5.84 Å². The first kappa shape index (κ1) is 17.8. The molecule has 7 N–H and O–H groups in total. The molecule has 112 valence electrons. The standard InChI is InChI=1S/C13H21N3.CH3NO2/c1-2-3-4-5-10-16-13(15)11-6-8-12(14)9-7-11;2-1(3)4/h6-9H,2-5,10,14H2,1H3,(H2,15,16);2H2,(H,3,4). The van der Waals surface area contributed by atoms with Gasteiger partial charge < -0.3 is 22.3 Å². The summed E-state index contributed by atoms with van der Waals surface area (Å²) in [6.07, 6.45) is 3.53. The summed E-state index contributed by atoms with van der Waals surface area (Å²) < 4.78 is 0. The molecule has 0 saturated carbocycles. The molecule has 0 fully saturated rings. The van der Waals surface area contributed by atoms with E-state index in [-0.39, 0.29) is 0 Å². The fourth-order valence-electron chi connectivity index (χ4n) is 1.48. The van der Waals surface area contributed by atoms with Gasteiger partial charge in [-0.3, -0.25) is 4.99 Å². The van der Waals surface area contributed by atoms with Gasteiger partial charge in [0.25, 0.3) is 0 Å². The fraction of sp³-hybridized carbons (Fsp3) is 0.429. The topological polar surface area (TPSA) is 128 Å². The molecular formula is C14H24N4O2. The quantitative estimate of drug-likeness (QED) is 0.275. The Morgan fingerprint density at radius 3 is 2.20 bits per heavy atom. The van der Waals surface area contributed by atoms with Crippen LogP contribution in [0.3, 0.4) is 0 Å². The first-order valence-electron chi connectivity index (χ1n) is 6.61. The number of hydrogen-bond acceptors (Lipinski definition) is 3. The summed E-state index contributed by atoms with van der Waals surface area (Å²) >= 11 is 0. The number of amides is 1. The minimum atomic E-state index is -1.33. The van der Waals surface area contributed by atoms with Gasteiger partial charge in [-0.05, 0) is 30.7 Å². The molecule has 1 rings (SSSR count). The maximum absolute atomic E-state index is 8.78. The Morgan fingerprint density at radius 1 is 1.15 bits per heavy atom. The second-order valence-corrected chi connectivity index (χ2v) is 4.29. The van der Waals surface area contributed by atoms with Crippen molar-refractivity contribution >= 4 is 17.6 Å². The van der Waals surface area contributed by atoms with Gasteiger partial charge in [-0.2, -0.15) is 0 Å². The SMILES string of the molecule is CCCCCCN=C(N)c1ccc(N)cc1.NC(=O)O. The van der Waals surface area contributed by atoms with E-state index in [0.717, 1.165) is 24.2 Å². The number of nitrogens with two attached hydrogens (primary N) is 3. The number of anilines is 1. The molecule has 1 aromatic rings. The summed E-state index contributed by atoms with van der Waals surface area (Å²) in [5, 5.41) is 7.19. The minimum Gasteiger partial charge on any atom is -0.465 e. The van der Waals surface area contributed by atoms with Crippen LogP contribution in [0.15, 0.2) is 29.3 Å². The zero-order valence-corrected chi connectivity index (χ0v) is 11.9. The lowest BCUT2D eigenvalue weighted by molar-refractivity contribution is 0.205. The van der Waals surface area contributed by atoms with Gasteiger partial charge in [-0.25, -0.2) is 4.79 Å². The van der Waals surface area contributed by atoms with Crippen LogP contribution in [-0.4, -0.2) is 23.6 Å². The lowest BCUT2D eigenvalue weighted by Crippen LogP contribution is -2.13. The maximum Gasteiger partial charge on any atom is 0.402 e. The number of benzene rings is 1. The molecule has 1 aromatic carbocycles. The van der Waals surface area contributed by atoms with E-state index in [9.17, 15) is 0 Å². The van der Waals surface area contributed by atoms with Crippen molar-refractivity contribution < 1.29 is 9.90 Å². The largest absolute Gasteiger partial charge is 0.465 e. The number of rotatable bonds is 6. The Bertz CT molecular complexity index is 412. The van der Waals surface area contributed by atoms with E-state index in [1.54, 1.807) is 0 Å². The smallest absolute Gasteiger partial charge is 0.402 e. The average Bonchev–Trinajstić information content (AvgIpc) is 2.38. The summed E-state index contributed by atoms with van der Waals surface area (Å²) in [5.41, 5.74) is 17.2. The van der Waals surface area contributed by atoms with Crippen molar-refractivity contribution in [1.29, 1.82) is 0 Å². The van der Waals surface area contributed by atoms with E-state index in [1.807, 2.05) is 24.3 Å². The summed E-state index contributed by atoms with van der Waals surface area (Å²) in [7, 11) is 0. The van der Waals surface area contributed by atoms with Crippen molar-refractivity contribution in [3.8, 4) is 0 Å². The van der Waals surface area contributed by atoms with Crippen LogP contribution < -0.4 is 17.2 Å². The third kappa shape index (κ3) is 9.76. The zero-order valence-electron chi connectivity index (χ0n) is 11.9. The highest BCUT2D eigenvalue weighted by molar-refractivity contribution is 5.97. The average molecular weight is 280 g/mol. The van der Waals surface area contributed by atoms with Crippen LogP contribution in [0.1, 0.15) is 38.2 Å². The van der Waals surface area contributed by atoms with Crippen molar-refractivity contribution in [2.24, 2.45) is 16.5 Å². The van der Waals surface area contributed by atoms with E-state index in [1.165, 1.54) is 19.3 Å². The number of carbonyl (C=O) groups is 1. The first-order valence-corrected chi connectivity index (χ1v) is 6.61. The number of aliphatic imine (C=N–C) groups is 1. The van der Waals surface area contributed by atoms with Crippen molar-refractivity contribution in [2.45, 2.75) is 32.6 Å². The number of amidine groups is 1. The molecule has 0 aromatic heterocycles. The van der Waals surface area contributed by atoms with Crippen LogP contribution in [0.2, 0.25) is 0 Å². The number of hydrogen-bond donors (Lipinski definition) is 4. The minimum absolute atomic E-state index is 0.608. The van der Waals surface area contributed by atoms with Gasteiger partial charge in [0.2, 0.25) is 0 Å². The molecule has 20 heavy (non-hydrogen) atoms. The molecule has 0 aliphatic heterocycles. The predicted octanol–water partition coefficient (Wildman–Crippen LogP) is 2.18. The third-order valence-electron chi connectivity index (χ3n) is 2.50. The molecule has 0 heterocycles. The van der Waals surface area contributed by atoms with Crippen LogP contribution in [0.4, 0.5) is 10.5 Å². The molecule has 0 bridgehead atoms. The Morgan fingerprint density at radius 2 is 1.70 bits per heavy atom. The molecule has 0 radical (unpaired) electrons. The van der Waals surface area contributed by atoms with Gasteiger partial charge in [-0.15, -0.1) is 0 Å². The molecule has 0 aliphatic rings. The number of primary amides is 1. The molecular weight excluding hydrogens is 256 g/mol. The van der Waals surface area contributed by atoms with Gasteiger partial charge in [-0.1, -0.05) is 26.2 Å². The van der Waals surface area contributed by atoms with Gasteiger partial charge >= 0.3 is 6.09 Å². The molecule has 0 atom stereocenters. The lowest BCUT2D eigenvalue weighted by Gasteiger charge is -2.01. The number of nitrogens with zero attached hydrogens (tertiary/aromatic N) is 1. The van der Waals surface area contributed by atoms with E-state index < -0.39 is 6.09 Å². The van der Waals surface area contributed by atoms with Crippen LogP contribution in [0.25, 0.3) is 0 Å². The van der Waals surface area contributed by atoms with Gasteiger partial charge in [0.05, 0.1) is 0 Å². The van der Waals surface area contributed by atoms with Gasteiger partial charge in [0.15, 0.2) is 0 Å². The third-order valence-corrected chi connectivity index (χ3v) is 2.50. The first-order chi connectivity index (χ1) is 9.47. The Hall–Kier alpha value is -2.24. The number of nitrogen functional groups attached to an aromatic ring is 1. The molecule has 6 nitrogen and oxygen atoms in total. The Labute approximate surface area is 119 Å². The zero-order chi connectivity index (χ0) is 15.4. The summed E-state index contributed by atoms with van der Waals surface area (Å²) in [6.45, 7) is 3.02. The van der Waals surface area contributed by atoms with Crippen molar-refractivity contribution in [3.05, 3.63) is 29.8 Å². The molecule has 1 amide bonds. The molecule has 0 aliphatic carbocycles. The van der Waals surface area contributed by atoms with E-state index >= 15 is 0 Å². The van der Waals surface area contributed by atoms with Crippen LogP contribution in [-0.2, 0) is 0 Å². The molecule has 0 spiro atoms. The molecule has 0 unspecified atom stereocenters. The Balaban J connectivity index is 0.000000796. The van der Waals surface area contributed by atoms with E-state index in [2.05, 4.69) is 17.6 Å². The number of carboxylic acid groups (broad SMARTS) is 1. The Kier molecular flexibility index (Phi) is 9.47. The summed E-state index contributed by atoms with van der Waals surface area (Å²) in [5.74, 6) is 0.608. The highest BCUT2D eigenvalue weighted by Gasteiger charge is 1.96. The van der Waals surface area contributed by atoms with Crippen molar-refractivity contribution in [3.63, 3.8) is 0 Å². The molecule has 0 saturated heterocycles. The monoisotopic (exact) mass is 280 g/mol. The van der Waals surface area contributed by atoms with Crippen LogP contribution >= 0.6 is 0 Å². The van der Waals surface area contributed by atoms with Crippen molar-refractivity contribution in [1.82, 2.24) is 0 Å². The second-order valence-electron chi connectivity index (χ2n) is 4.29. The van der Waals surface area contributed by atoms with Gasteiger partial charge in [0, 0.05) is 17.8 Å². The summed E-state index contributed by atoms with van der Waals surface area (Å²) in [6, 6.07) is 7.49. The second kappa shape index (κ2) is 10.7. The maximum atomic E-state index is 8.78. The van der Waals surface area contributed by atoms with Crippen LogP contribution in [0.5, 0.6) is 0 Å². The fourth-order valence-corrected chi connectivity index (χ4v) is 1.48. The molecule has 6 heteroatoms. The normalized spacial score (nSPS) is 10.6. The highest BCUT2D eigenvalue weighted by Crippen LogP contribution is 2.05. The number of unbranched alkanes of at least 4 members (excludes halogenated alkanes) is 3. The highest BCUT2D eigenvalue weighted by atomic mass is 16.4. The summed E-state index contributed by atoms with van der Waals surface area (Å²) in [4.78, 5) is 13.1. The predicted molar refractivity (Wildman–Crippen MR) is 82.8 cm³/mol. The van der Waals surface area contributed by atoms with Crippen LogP contribution in [0, 0.1) is 0 Å². The van der Waals surface area contributed by atoms with Gasteiger partial charge in [0.1, 0.15) is 5.84 Å². The van der Waals surface area contributed by atoms with E-state index in [4.69, 9.17) is 21.4 Å². The lowest BCUT2D eigenvalue weighted by atomic mass is 10.2. The van der Waals surface area contributed by atoms with Crippen molar-refractivity contribution in [2.75, 3.05) is 12.3 Å².